The average molecular weight is 1930 g/mol. The van der Waals surface area contributed by atoms with Crippen LogP contribution in [0.1, 0.15) is 257 Å². The molecule has 7 N–H and O–H groups in total. The summed E-state index contributed by atoms with van der Waals surface area (Å²) in [5.74, 6) is 1.17. The Kier molecular flexibility index (Phi) is 38.3. The molecule has 0 spiro atoms. The number of alkyl halides is 9. The molecule has 22 nitrogen and oxygen atoms in total. The van der Waals surface area contributed by atoms with E-state index in [0.717, 1.165) is 219 Å². The van der Waals surface area contributed by atoms with Gasteiger partial charge in [0.25, 0.3) is 0 Å². The van der Waals surface area contributed by atoms with Crippen LogP contribution < -0.4 is 40.6 Å². The van der Waals surface area contributed by atoms with Gasteiger partial charge in [0.15, 0.2) is 0 Å². The van der Waals surface area contributed by atoms with Crippen molar-refractivity contribution in [1.29, 1.82) is 0 Å². The van der Waals surface area contributed by atoms with E-state index in [-0.39, 0.29) is 77.1 Å². The first-order valence-electron chi connectivity index (χ1n) is 48.5. The summed E-state index contributed by atoms with van der Waals surface area (Å²) in [6, 6.07) is 32.9. The third-order valence-electron chi connectivity index (χ3n) is 30.5. The van der Waals surface area contributed by atoms with E-state index in [2.05, 4.69) is 102 Å². The molecule has 17 rings (SSSR count). The summed E-state index contributed by atoms with van der Waals surface area (Å²) in [6.07, 6.45) is 2.66. The second-order valence-electron chi connectivity index (χ2n) is 39.0. The van der Waals surface area contributed by atoms with Crippen molar-refractivity contribution >= 4 is 82.4 Å². The molecule has 3 saturated carbocycles. The molecule has 3 radical (unpaired) electrons. The predicted octanol–water partition coefficient (Wildman–Crippen LogP) is 16.8. The number of esters is 3. The molecule has 3 aliphatic heterocycles. The Morgan fingerprint density at radius 3 is 1.07 bits per heavy atom. The number of ketones is 1. The number of hydrogen-bond acceptors (Lipinski definition) is 19. The van der Waals surface area contributed by atoms with E-state index < -0.39 is 69.4 Å². The number of aromatic nitrogens is 3. The molecular formula is C104H134BF9N8NaO14. The zero-order valence-corrected chi connectivity index (χ0v) is 82.7. The quantitative estimate of drug-likeness (QED) is 0.0109. The fraction of sp³-hybridized carbons (Fsp3) is 0.587. The average Bonchev–Trinajstić information content (AvgIpc) is 1.60. The van der Waals surface area contributed by atoms with Gasteiger partial charge in [-0.2, -0.15) is 39.5 Å². The van der Waals surface area contributed by atoms with Crippen LogP contribution in [-0.2, 0) is 113 Å². The Bertz CT molecular complexity index is 5340. The van der Waals surface area contributed by atoms with Crippen molar-refractivity contribution in [2.45, 2.75) is 259 Å². The summed E-state index contributed by atoms with van der Waals surface area (Å²) >= 11 is 0. The molecule has 9 aliphatic rings. The maximum atomic E-state index is 13.5. The van der Waals surface area contributed by atoms with Crippen LogP contribution in [0.2, 0.25) is 0 Å². The van der Waals surface area contributed by atoms with Gasteiger partial charge in [-0.25, -0.2) is 19.4 Å². The van der Waals surface area contributed by atoms with Gasteiger partial charge in [0.2, 0.25) is 5.97 Å². The van der Waals surface area contributed by atoms with Crippen LogP contribution in [0.3, 0.4) is 0 Å². The van der Waals surface area contributed by atoms with Gasteiger partial charge in [0.1, 0.15) is 5.78 Å². The van der Waals surface area contributed by atoms with Crippen molar-refractivity contribution in [1.82, 2.24) is 35.0 Å². The number of aromatic amines is 3. The van der Waals surface area contributed by atoms with Crippen LogP contribution in [0.25, 0.3) is 32.7 Å². The molecule has 137 heavy (non-hydrogen) atoms. The van der Waals surface area contributed by atoms with Gasteiger partial charge >= 0.3 is 77.9 Å². The van der Waals surface area contributed by atoms with E-state index in [1.807, 2.05) is 57.2 Å². The molecule has 0 amide bonds. The van der Waals surface area contributed by atoms with Crippen molar-refractivity contribution in [2.24, 2.45) is 57.5 Å². The van der Waals surface area contributed by atoms with E-state index in [0.29, 0.717) is 142 Å². The molecule has 6 fully saturated rings. The molecule has 9 atom stereocenters. The second-order valence-corrected chi connectivity index (χ2v) is 39.0. The van der Waals surface area contributed by atoms with Crippen molar-refractivity contribution < 1.29 is 136 Å². The number of halogens is 9. The summed E-state index contributed by atoms with van der Waals surface area (Å²) < 4.78 is 141. The zero-order chi connectivity index (χ0) is 98.2. The number of carbonyl (C=O) groups is 7. The third-order valence-corrected chi connectivity index (χ3v) is 30.5. The Balaban J connectivity index is 0.000000178. The number of Topliss-reactive ketones (excluding diaryl/α,β-unsaturated/α-hetero) is 1. The first-order chi connectivity index (χ1) is 64.7. The van der Waals surface area contributed by atoms with Gasteiger partial charge in [-0.05, 0) is 318 Å². The molecule has 5 aromatic carbocycles. The SMILES string of the molecule is CC(=O)OOC(C)=O.CCOC(=O)C1(CCN2CC[C@@H]3Cc4[nH]c5ccc(C(F)(F)F)cc5c4[C@H](C)[C@H]3C2)CCC(=O)CC1.CCOC(=O)C1(CCN2CC[C@@H]3Cc4[nH]c5ccc(C(F)(F)F)cc5c4[C@H](C)[C@H]3C2)CCC(NCc2ccccc2)CC1.CCOC(=O)C1(CCN2CC[C@@H]3Cc4[nH]c5ccc(C(F)(F)F)cc5c4[C@H](C)[C@H]3C2)CCC(O)CC1.NCc1ccccc1.[B-]OC(C)=O.[Na+]. The summed E-state index contributed by atoms with van der Waals surface area (Å²) in [6.45, 7) is 26.1. The van der Waals surface area contributed by atoms with Gasteiger partial charge in [0, 0.05) is 122 Å². The topological polar surface area (TPSA) is 290 Å². The van der Waals surface area contributed by atoms with Crippen molar-refractivity contribution in [2.75, 3.05) is 78.7 Å². The number of hydrogen-bond donors (Lipinski definition) is 6. The van der Waals surface area contributed by atoms with Crippen LogP contribution in [0, 0.1) is 51.8 Å². The summed E-state index contributed by atoms with van der Waals surface area (Å²) in [5, 5.41) is 15.8. The van der Waals surface area contributed by atoms with Gasteiger partial charge in [-0.15, -0.1) is 0 Å². The number of rotatable bonds is 19. The minimum atomic E-state index is -4.36. The normalized spacial score (nSPS) is 25.1. The van der Waals surface area contributed by atoms with Crippen molar-refractivity contribution in [3.63, 3.8) is 0 Å². The standard InChI is InChI=1S/C35H44F3N3O2.C28H37F3N2O3.C28H35F3N2O3.C7H9N.C4H6O4.C2H3BO2.Na/c1-3-43-33(42)34(14-11-27(12-15-34)39-21-24-7-5-4-6-8-24)16-18-41-17-13-25-19-31-32(23(2)29(25)22-41)28-20-26(35(36,37)38)9-10-30(28)40-31;2*1-3-36-26(35)27(9-6-20(34)7-10-27)11-13-33-12-8-18-14-24-25(17(2)22(18)16-33)21-15-19(28(29,30)31)4-5-23(21)32-24;8-6-7-4-2-1-3-5-7;1-3(5)7-8-4(2)6;1-2(4)5-3;/h4-10,20,23,25,27,29,39-40H,3,11-19,21-22H2,1-2H3;4-5,15,17-18,20,22,32,34H,3,6-14,16H2,1-2H3;4-5,15,17-18,22,32H,3,6-14,16H2,1-2H3;1-5H,6,8H2;1-2H3;1H3;/q;;;;;-1;+1/t23-,25-,27?,29-,34?;17-,18-,20?,22-,27?;17-,18-,22-;;;;/m111..../s1. The van der Waals surface area contributed by atoms with E-state index in [1.165, 1.54) is 42.3 Å². The van der Waals surface area contributed by atoms with Gasteiger partial charge < -0.3 is 72.7 Å². The Morgan fingerprint density at radius 1 is 0.467 bits per heavy atom. The molecular weight excluding hydrogens is 1790 g/mol. The molecule has 6 heterocycles. The molecule has 3 aromatic heterocycles. The van der Waals surface area contributed by atoms with Crippen LogP contribution in [0.4, 0.5) is 39.5 Å². The number of aliphatic hydroxyl groups excluding tert-OH is 1. The largest absolute Gasteiger partial charge is 1.00 e. The monoisotopic (exact) mass is 1920 g/mol. The number of benzene rings is 5. The summed E-state index contributed by atoms with van der Waals surface area (Å²) in [4.78, 5) is 105. The number of ether oxygens (including phenoxy) is 3. The molecule has 6 aliphatic carbocycles. The minimum Gasteiger partial charge on any atom is -0.793 e. The number of piperidine rings is 3. The van der Waals surface area contributed by atoms with E-state index in [9.17, 15) is 78.2 Å². The first-order valence-corrected chi connectivity index (χ1v) is 48.5. The van der Waals surface area contributed by atoms with Crippen LogP contribution in [0.5, 0.6) is 0 Å². The number of likely N-dealkylation sites (tertiary alicyclic amines) is 3. The van der Waals surface area contributed by atoms with Crippen LogP contribution in [-0.4, -0.2) is 175 Å². The van der Waals surface area contributed by atoms with Crippen LogP contribution >= 0.6 is 0 Å². The molecule has 0 unspecified atom stereocenters. The molecule has 0 bridgehead atoms. The first kappa shape index (κ1) is 109. The van der Waals surface area contributed by atoms with Crippen molar-refractivity contribution in [3.8, 4) is 0 Å². The van der Waals surface area contributed by atoms with Crippen LogP contribution in [0.15, 0.2) is 115 Å². The number of nitrogens with zero attached hydrogens (tertiary/aromatic N) is 3. The summed E-state index contributed by atoms with van der Waals surface area (Å²) in [5.41, 5.74) is 13.2. The zero-order valence-electron chi connectivity index (χ0n) is 80.7. The summed E-state index contributed by atoms with van der Waals surface area (Å²) in [7, 11) is 4.32. The maximum absolute atomic E-state index is 13.5. The molecule has 8 aromatic rings. The number of H-pyrrole nitrogens is 3. The van der Waals surface area contributed by atoms with Crippen molar-refractivity contribution in [3.05, 3.63) is 177 Å². The fourth-order valence-corrected chi connectivity index (χ4v) is 22.9. The number of nitrogens with one attached hydrogen (secondary N) is 4. The third kappa shape index (κ3) is 27.4. The van der Waals surface area contributed by atoms with Gasteiger partial charge in [-0.1, -0.05) is 81.4 Å². The number of nitrogens with two attached hydrogens (primary N) is 1. The number of carbonyl (C=O) groups excluding carboxylic acids is 7. The molecule has 3 saturated heterocycles. The maximum Gasteiger partial charge on any atom is 1.00 e. The van der Waals surface area contributed by atoms with E-state index in [4.69, 9.17) is 19.9 Å². The molecule has 33 heteroatoms. The predicted molar refractivity (Wildman–Crippen MR) is 500 cm³/mol. The Labute approximate surface area is 820 Å². The van der Waals surface area contributed by atoms with Gasteiger partial charge in [0.05, 0.1) is 58.9 Å². The van der Waals surface area contributed by atoms with E-state index >= 15 is 0 Å². The van der Waals surface area contributed by atoms with Gasteiger partial charge in [-0.3, -0.25) is 24.0 Å². The minimum absolute atomic E-state index is 0. The molecule has 741 valence electrons. The smallest absolute Gasteiger partial charge is 0.793 e. The Morgan fingerprint density at radius 2 is 0.781 bits per heavy atom. The number of aliphatic hydroxyl groups is 1. The fourth-order valence-electron chi connectivity index (χ4n) is 22.9. The second kappa shape index (κ2) is 48.2. The van der Waals surface area contributed by atoms with E-state index in [1.54, 1.807) is 18.2 Å². The number of fused-ring (bicyclic) bond motifs is 12. The Hall–Kier alpha value is -8.60.